The molecule has 0 spiro atoms. The molecule has 0 radical (unpaired) electrons. The van der Waals surface area contributed by atoms with E-state index in [1.165, 1.54) is 6.07 Å². The Labute approximate surface area is 103 Å². The first-order chi connectivity index (χ1) is 8.72. The Morgan fingerprint density at radius 1 is 1.39 bits per heavy atom. The van der Waals surface area contributed by atoms with E-state index in [0.29, 0.717) is 24.2 Å². The second-order valence-electron chi connectivity index (χ2n) is 3.92. The fourth-order valence-electron chi connectivity index (χ4n) is 1.83. The molecule has 1 aromatic heterocycles. The summed E-state index contributed by atoms with van der Waals surface area (Å²) in [5.41, 5.74) is 1.00. The minimum Gasteiger partial charge on any atom is -0.309 e. The van der Waals surface area contributed by atoms with Gasteiger partial charge in [0, 0.05) is 0 Å². The van der Waals surface area contributed by atoms with Crippen molar-refractivity contribution in [3.8, 4) is 0 Å². The summed E-state index contributed by atoms with van der Waals surface area (Å²) < 4.78 is 26.7. The van der Waals surface area contributed by atoms with Gasteiger partial charge in [0.15, 0.2) is 11.6 Å². The minimum atomic E-state index is -0.831. The van der Waals surface area contributed by atoms with Crippen molar-refractivity contribution in [3.05, 3.63) is 47.3 Å². The second kappa shape index (κ2) is 5.68. The van der Waals surface area contributed by atoms with Gasteiger partial charge in [0.05, 0.1) is 17.9 Å². The molecule has 0 saturated carbocycles. The Morgan fingerprint density at radius 2 is 2.22 bits per heavy atom. The van der Waals surface area contributed by atoms with Gasteiger partial charge in [-0.2, -0.15) is 15.4 Å². The van der Waals surface area contributed by atoms with Crippen molar-refractivity contribution in [2.24, 2.45) is 0 Å². The van der Waals surface area contributed by atoms with Gasteiger partial charge in [-0.15, -0.1) is 0 Å². The molecule has 1 aromatic carbocycles. The molecular weight excluding hydrogens is 238 g/mol. The van der Waals surface area contributed by atoms with Crippen LogP contribution in [0, 0.1) is 11.6 Å². The third-order valence-corrected chi connectivity index (χ3v) is 2.70. The van der Waals surface area contributed by atoms with Crippen molar-refractivity contribution in [3.63, 3.8) is 0 Å². The summed E-state index contributed by atoms with van der Waals surface area (Å²) in [6, 6.07) is 3.99. The summed E-state index contributed by atoms with van der Waals surface area (Å²) in [5.74, 6) is -1.63. The lowest BCUT2D eigenvalue weighted by Gasteiger charge is -2.15. The van der Waals surface area contributed by atoms with Crippen molar-refractivity contribution < 1.29 is 8.78 Å². The molecule has 1 unspecified atom stereocenters. The van der Waals surface area contributed by atoms with Crippen LogP contribution in [0.15, 0.2) is 24.4 Å². The van der Waals surface area contributed by atoms with Gasteiger partial charge in [-0.1, -0.05) is 19.1 Å². The van der Waals surface area contributed by atoms with Gasteiger partial charge in [-0.25, -0.2) is 8.78 Å². The molecular formula is C12H14F2N4. The van der Waals surface area contributed by atoms with E-state index in [2.05, 4.69) is 20.7 Å². The van der Waals surface area contributed by atoms with Gasteiger partial charge in [-0.3, -0.25) is 0 Å². The minimum absolute atomic E-state index is 0.190. The van der Waals surface area contributed by atoms with Gasteiger partial charge in [0.25, 0.3) is 0 Å². The van der Waals surface area contributed by atoms with E-state index < -0.39 is 11.6 Å². The average molecular weight is 252 g/mol. The van der Waals surface area contributed by atoms with Crippen LogP contribution in [0.5, 0.6) is 0 Å². The topological polar surface area (TPSA) is 53.6 Å². The van der Waals surface area contributed by atoms with Crippen molar-refractivity contribution in [1.82, 2.24) is 20.7 Å². The lowest BCUT2D eigenvalue weighted by atomic mass is 10.0. The predicted molar refractivity (Wildman–Crippen MR) is 62.9 cm³/mol. The molecule has 96 valence electrons. The van der Waals surface area contributed by atoms with E-state index in [4.69, 9.17) is 0 Å². The molecule has 1 heterocycles. The van der Waals surface area contributed by atoms with Crippen LogP contribution >= 0.6 is 0 Å². The molecule has 0 bridgehead atoms. The third kappa shape index (κ3) is 2.70. The van der Waals surface area contributed by atoms with Crippen LogP contribution in [0.2, 0.25) is 0 Å². The lowest BCUT2D eigenvalue weighted by molar-refractivity contribution is 0.478. The monoisotopic (exact) mass is 252 g/mol. The molecule has 0 aliphatic heterocycles. The highest BCUT2D eigenvalue weighted by molar-refractivity contribution is 5.21. The number of nitrogens with zero attached hydrogens (tertiary/aromatic N) is 2. The Kier molecular flexibility index (Phi) is 3.99. The summed E-state index contributed by atoms with van der Waals surface area (Å²) >= 11 is 0. The van der Waals surface area contributed by atoms with E-state index in [0.717, 1.165) is 6.07 Å². The first-order valence-electron chi connectivity index (χ1n) is 5.74. The summed E-state index contributed by atoms with van der Waals surface area (Å²) in [7, 11) is 0. The highest BCUT2D eigenvalue weighted by Gasteiger charge is 2.17. The number of benzene rings is 1. The first-order valence-corrected chi connectivity index (χ1v) is 5.74. The quantitative estimate of drug-likeness (QED) is 0.855. The van der Waals surface area contributed by atoms with Crippen LogP contribution in [0.4, 0.5) is 8.78 Å². The van der Waals surface area contributed by atoms with Gasteiger partial charge in [-0.05, 0) is 24.6 Å². The zero-order valence-electron chi connectivity index (χ0n) is 9.95. The summed E-state index contributed by atoms with van der Waals surface area (Å²) in [4.78, 5) is 0. The Balaban J connectivity index is 2.21. The molecule has 4 nitrogen and oxygen atoms in total. The van der Waals surface area contributed by atoms with Crippen LogP contribution in [0.3, 0.4) is 0 Å². The van der Waals surface area contributed by atoms with E-state index in [-0.39, 0.29) is 6.04 Å². The van der Waals surface area contributed by atoms with Crippen LogP contribution in [0.1, 0.15) is 24.2 Å². The Morgan fingerprint density at radius 3 is 2.89 bits per heavy atom. The number of H-pyrrole nitrogens is 1. The van der Waals surface area contributed by atoms with Gasteiger partial charge >= 0.3 is 0 Å². The molecule has 0 saturated heterocycles. The summed E-state index contributed by atoms with van der Waals surface area (Å²) in [6.07, 6.45) is 1.90. The van der Waals surface area contributed by atoms with Gasteiger partial charge in [0.1, 0.15) is 0 Å². The van der Waals surface area contributed by atoms with E-state index >= 15 is 0 Å². The number of hydrogen-bond acceptors (Lipinski definition) is 3. The zero-order chi connectivity index (χ0) is 13.0. The predicted octanol–water partition coefficient (Wildman–Crippen LogP) is 1.98. The number of aromatic nitrogens is 3. The fourth-order valence-corrected chi connectivity index (χ4v) is 1.83. The van der Waals surface area contributed by atoms with Crippen molar-refractivity contribution in [1.29, 1.82) is 0 Å². The first kappa shape index (κ1) is 12.6. The normalized spacial score (nSPS) is 12.6. The molecule has 2 rings (SSSR count). The molecule has 0 fully saturated rings. The maximum atomic E-state index is 13.6. The number of halogens is 2. The van der Waals surface area contributed by atoms with E-state index in [1.54, 1.807) is 12.3 Å². The number of rotatable bonds is 5. The molecule has 0 aliphatic carbocycles. The smallest absolute Gasteiger partial charge is 0.162 e. The highest BCUT2D eigenvalue weighted by Crippen LogP contribution is 2.19. The standard InChI is InChI=1S/C12H14F2N4/c1-2-15-10(11-7-16-18-17-11)6-8-4-3-5-9(13)12(8)14/h3-5,7,10,15H,2,6H2,1H3,(H,16,17,18). The van der Waals surface area contributed by atoms with Gasteiger partial charge in [0.2, 0.25) is 0 Å². The molecule has 2 N–H and O–H groups in total. The lowest BCUT2D eigenvalue weighted by Crippen LogP contribution is -2.23. The SMILES string of the molecule is CCNC(Cc1cccc(F)c1F)c1cn[nH]n1. The van der Waals surface area contributed by atoms with Crippen LogP contribution < -0.4 is 5.32 Å². The molecule has 18 heavy (non-hydrogen) atoms. The number of likely N-dealkylation sites (N-methyl/N-ethyl adjacent to an activating group) is 1. The third-order valence-electron chi connectivity index (χ3n) is 2.70. The highest BCUT2D eigenvalue weighted by atomic mass is 19.2. The molecule has 2 aromatic rings. The Hall–Kier alpha value is -1.82. The average Bonchev–Trinajstić information content (AvgIpc) is 2.88. The Bertz CT molecular complexity index is 499. The molecule has 6 heteroatoms. The zero-order valence-corrected chi connectivity index (χ0v) is 9.95. The van der Waals surface area contributed by atoms with Gasteiger partial charge < -0.3 is 5.32 Å². The van der Waals surface area contributed by atoms with Crippen LogP contribution in [-0.4, -0.2) is 22.0 Å². The maximum absolute atomic E-state index is 13.6. The van der Waals surface area contributed by atoms with Crippen molar-refractivity contribution in [2.45, 2.75) is 19.4 Å². The molecule has 1 atom stereocenters. The molecule has 0 aliphatic rings. The number of hydrogen-bond donors (Lipinski definition) is 2. The van der Waals surface area contributed by atoms with E-state index in [9.17, 15) is 8.78 Å². The molecule has 0 amide bonds. The van der Waals surface area contributed by atoms with Crippen LogP contribution in [-0.2, 0) is 6.42 Å². The largest absolute Gasteiger partial charge is 0.309 e. The van der Waals surface area contributed by atoms with Crippen molar-refractivity contribution >= 4 is 0 Å². The maximum Gasteiger partial charge on any atom is 0.162 e. The van der Waals surface area contributed by atoms with Crippen LogP contribution in [0.25, 0.3) is 0 Å². The summed E-state index contributed by atoms with van der Waals surface area (Å²) in [5, 5.41) is 13.4. The summed E-state index contributed by atoms with van der Waals surface area (Å²) in [6.45, 7) is 2.64. The second-order valence-corrected chi connectivity index (χ2v) is 3.92. The fraction of sp³-hybridized carbons (Fsp3) is 0.333. The van der Waals surface area contributed by atoms with Crippen molar-refractivity contribution in [2.75, 3.05) is 6.54 Å². The number of nitrogens with one attached hydrogen (secondary N) is 2. The van der Waals surface area contributed by atoms with E-state index in [1.807, 2.05) is 6.92 Å². The number of aromatic amines is 1.